The third kappa shape index (κ3) is 3.55. The molecule has 7 nitrogen and oxygen atoms in total. The van der Waals surface area contributed by atoms with Crippen LogP contribution in [0.1, 0.15) is 37.2 Å². The SMILES string of the molecule is CC(C)C(=O)N1CCC(CNC(=O)c2cnon2)CC1. The van der Waals surface area contributed by atoms with Crippen LogP contribution in [0.3, 0.4) is 0 Å². The zero-order valence-corrected chi connectivity index (χ0v) is 11.8. The van der Waals surface area contributed by atoms with Crippen molar-refractivity contribution in [3.05, 3.63) is 11.9 Å². The van der Waals surface area contributed by atoms with E-state index in [1.807, 2.05) is 18.7 Å². The highest BCUT2D eigenvalue weighted by Crippen LogP contribution is 2.18. The lowest BCUT2D eigenvalue weighted by Gasteiger charge is -2.33. The molecule has 2 rings (SSSR count). The minimum Gasteiger partial charge on any atom is -0.350 e. The summed E-state index contributed by atoms with van der Waals surface area (Å²) in [5.41, 5.74) is 0.192. The number of carbonyl (C=O) groups excluding carboxylic acids is 2. The zero-order chi connectivity index (χ0) is 14.5. The van der Waals surface area contributed by atoms with Crippen LogP contribution in [0.2, 0.25) is 0 Å². The molecule has 1 aliphatic heterocycles. The summed E-state index contributed by atoms with van der Waals surface area (Å²) in [5, 5.41) is 9.69. The van der Waals surface area contributed by atoms with Gasteiger partial charge >= 0.3 is 0 Å². The second kappa shape index (κ2) is 6.49. The Morgan fingerprint density at radius 2 is 2.15 bits per heavy atom. The predicted molar refractivity (Wildman–Crippen MR) is 70.8 cm³/mol. The summed E-state index contributed by atoms with van der Waals surface area (Å²) in [7, 11) is 0. The maximum absolute atomic E-state index is 11.9. The fourth-order valence-corrected chi connectivity index (χ4v) is 2.31. The van der Waals surface area contributed by atoms with Crippen LogP contribution in [-0.2, 0) is 4.79 Å². The number of likely N-dealkylation sites (tertiary alicyclic amines) is 1. The van der Waals surface area contributed by atoms with Gasteiger partial charge in [0.25, 0.3) is 5.91 Å². The molecule has 1 saturated heterocycles. The van der Waals surface area contributed by atoms with Gasteiger partial charge < -0.3 is 10.2 Å². The lowest BCUT2D eigenvalue weighted by Crippen LogP contribution is -2.43. The van der Waals surface area contributed by atoms with Gasteiger partial charge in [-0.3, -0.25) is 9.59 Å². The largest absolute Gasteiger partial charge is 0.350 e. The molecule has 0 atom stereocenters. The van der Waals surface area contributed by atoms with Gasteiger partial charge in [-0.2, -0.15) is 0 Å². The van der Waals surface area contributed by atoms with E-state index in [1.165, 1.54) is 6.20 Å². The number of nitrogens with zero attached hydrogens (tertiary/aromatic N) is 3. The van der Waals surface area contributed by atoms with Crippen molar-refractivity contribution in [1.82, 2.24) is 20.5 Å². The first-order valence-corrected chi connectivity index (χ1v) is 6.92. The average molecular weight is 280 g/mol. The van der Waals surface area contributed by atoms with Crippen LogP contribution in [-0.4, -0.2) is 46.7 Å². The van der Waals surface area contributed by atoms with E-state index in [0.29, 0.717) is 12.5 Å². The summed E-state index contributed by atoms with van der Waals surface area (Å²) in [5.74, 6) is 0.383. The van der Waals surface area contributed by atoms with Crippen LogP contribution in [0, 0.1) is 11.8 Å². The molecule has 2 heterocycles. The maximum atomic E-state index is 11.9. The number of piperidine rings is 1. The molecule has 1 N–H and O–H groups in total. The Labute approximate surface area is 117 Å². The Morgan fingerprint density at radius 1 is 1.45 bits per heavy atom. The summed E-state index contributed by atoms with van der Waals surface area (Å²) >= 11 is 0. The van der Waals surface area contributed by atoms with E-state index in [2.05, 4.69) is 20.3 Å². The number of hydrogen-bond donors (Lipinski definition) is 1. The van der Waals surface area contributed by atoms with Gasteiger partial charge in [0, 0.05) is 25.6 Å². The second-order valence-corrected chi connectivity index (χ2v) is 5.43. The van der Waals surface area contributed by atoms with Gasteiger partial charge in [0.15, 0.2) is 5.69 Å². The van der Waals surface area contributed by atoms with Crippen molar-refractivity contribution >= 4 is 11.8 Å². The third-order valence-electron chi connectivity index (χ3n) is 3.57. The molecular formula is C13H20N4O3. The van der Waals surface area contributed by atoms with E-state index in [-0.39, 0.29) is 23.4 Å². The Morgan fingerprint density at radius 3 is 2.70 bits per heavy atom. The van der Waals surface area contributed by atoms with Crippen molar-refractivity contribution in [3.63, 3.8) is 0 Å². The number of rotatable bonds is 4. The summed E-state index contributed by atoms with van der Waals surface area (Å²) in [4.78, 5) is 25.4. The summed E-state index contributed by atoms with van der Waals surface area (Å²) in [6.45, 7) is 5.96. The molecule has 7 heteroatoms. The van der Waals surface area contributed by atoms with Crippen molar-refractivity contribution in [3.8, 4) is 0 Å². The summed E-state index contributed by atoms with van der Waals surface area (Å²) in [6.07, 6.45) is 3.12. The molecule has 0 aromatic carbocycles. The maximum Gasteiger partial charge on any atom is 0.275 e. The third-order valence-corrected chi connectivity index (χ3v) is 3.57. The van der Waals surface area contributed by atoms with E-state index < -0.39 is 0 Å². The van der Waals surface area contributed by atoms with Gasteiger partial charge in [-0.1, -0.05) is 19.0 Å². The minimum atomic E-state index is -0.271. The molecule has 0 saturated carbocycles. The molecule has 110 valence electrons. The van der Waals surface area contributed by atoms with Crippen LogP contribution in [0.15, 0.2) is 10.8 Å². The van der Waals surface area contributed by atoms with E-state index in [9.17, 15) is 9.59 Å². The molecule has 1 aromatic heterocycles. The van der Waals surface area contributed by atoms with Crippen molar-refractivity contribution in [2.24, 2.45) is 11.8 Å². The highest BCUT2D eigenvalue weighted by atomic mass is 16.6. The molecule has 20 heavy (non-hydrogen) atoms. The molecule has 0 aliphatic carbocycles. The minimum absolute atomic E-state index is 0.0471. The normalized spacial score (nSPS) is 16.4. The topological polar surface area (TPSA) is 88.3 Å². The van der Waals surface area contributed by atoms with Crippen molar-refractivity contribution < 1.29 is 14.2 Å². The van der Waals surface area contributed by atoms with E-state index in [1.54, 1.807) is 0 Å². The molecule has 0 spiro atoms. The number of hydrogen-bond acceptors (Lipinski definition) is 5. The first-order valence-electron chi connectivity index (χ1n) is 6.92. The first kappa shape index (κ1) is 14.5. The first-order chi connectivity index (χ1) is 9.58. The smallest absolute Gasteiger partial charge is 0.275 e. The van der Waals surface area contributed by atoms with Gasteiger partial charge in [-0.05, 0) is 23.9 Å². The Hall–Kier alpha value is -1.92. The standard InChI is InChI=1S/C13H20N4O3/c1-9(2)13(19)17-5-3-10(4-6-17)7-14-12(18)11-8-15-20-16-11/h8-10H,3-7H2,1-2H3,(H,14,18). The molecular weight excluding hydrogens is 260 g/mol. The lowest BCUT2D eigenvalue weighted by atomic mass is 9.96. The van der Waals surface area contributed by atoms with Crippen molar-refractivity contribution in [2.75, 3.05) is 19.6 Å². The number of amides is 2. The van der Waals surface area contributed by atoms with Gasteiger partial charge in [-0.15, -0.1) is 0 Å². The molecule has 2 amide bonds. The zero-order valence-electron chi connectivity index (χ0n) is 11.8. The summed E-state index contributed by atoms with van der Waals surface area (Å²) in [6, 6.07) is 0. The van der Waals surface area contributed by atoms with Crippen LogP contribution < -0.4 is 5.32 Å². The van der Waals surface area contributed by atoms with Crippen LogP contribution >= 0.6 is 0 Å². The molecule has 1 aromatic rings. The fraction of sp³-hybridized carbons (Fsp3) is 0.692. The van der Waals surface area contributed by atoms with Gasteiger partial charge in [0.05, 0.1) is 0 Å². The summed E-state index contributed by atoms with van der Waals surface area (Å²) < 4.78 is 4.39. The molecule has 0 bridgehead atoms. The van der Waals surface area contributed by atoms with E-state index >= 15 is 0 Å². The average Bonchev–Trinajstić information content (AvgIpc) is 2.98. The monoisotopic (exact) mass is 280 g/mol. The fourth-order valence-electron chi connectivity index (χ4n) is 2.31. The second-order valence-electron chi connectivity index (χ2n) is 5.43. The van der Waals surface area contributed by atoms with Crippen molar-refractivity contribution in [2.45, 2.75) is 26.7 Å². The van der Waals surface area contributed by atoms with Crippen LogP contribution in [0.5, 0.6) is 0 Å². The predicted octanol–water partition coefficient (Wildman–Crippen LogP) is 0.694. The number of carbonyl (C=O) groups is 2. The Balaban J connectivity index is 1.72. The van der Waals surface area contributed by atoms with Gasteiger partial charge in [0.1, 0.15) is 6.20 Å². The van der Waals surface area contributed by atoms with E-state index in [4.69, 9.17) is 0 Å². The molecule has 0 radical (unpaired) electrons. The highest BCUT2D eigenvalue weighted by molar-refractivity contribution is 5.91. The molecule has 1 aliphatic rings. The molecule has 1 fully saturated rings. The lowest BCUT2D eigenvalue weighted by molar-refractivity contribution is -0.135. The van der Waals surface area contributed by atoms with Gasteiger partial charge in [-0.25, -0.2) is 4.63 Å². The molecule has 0 unspecified atom stereocenters. The van der Waals surface area contributed by atoms with Crippen molar-refractivity contribution in [1.29, 1.82) is 0 Å². The van der Waals surface area contributed by atoms with Crippen LogP contribution in [0.4, 0.5) is 0 Å². The van der Waals surface area contributed by atoms with Crippen LogP contribution in [0.25, 0.3) is 0 Å². The quantitative estimate of drug-likeness (QED) is 0.876. The Kier molecular flexibility index (Phi) is 4.70. The Bertz CT molecular complexity index is 450. The number of nitrogens with one attached hydrogen (secondary N) is 1. The highest BCUT2D eigenvalue weighted by Gasteiger charge is 2.24. The van der Waals surface area contributed by atoms with E-state index in [0.717, 1.165) is 25.9 Å². The van der Waals surface area contributed by atoms with Gasteiger partial charge in [0.2, 0.25) is 5.91 Å². The number of aromatic nitrogens is 2.